The second kappa shape index (κ2) is 6.00. The van der Waals surface area contributed by atoms with Crippen LogP contribution in [0.15, 0.2) is 24.3 Å². The average Bonchev–Trinajstić information content (AvgIpc) is 2.29. The molecule has 5 nitrogen and oxygen atoms in total. The molecule has 1 aromatic carbocycles. The highest BCUT2D eigenvalue weighted by molar-refractivity contribution is 5.96. The molecule has 5 heteroatoms. The summed E-state index contributed by atoms with van der Waals surface area (Å²) < 4.78 is 10.2. The lowest BCUT2D eigenvalue weighted by Crippen LogP contribution is -2.30. The number of rotatable bonds is 5. The van der Waals surface area contributed by atoms with E-state index in [1.54, 1.807) is 31.4 Å². The summed E-state index contributed by atoms with van der Waals surface area (Å²) in [6, 6.07) is 6.88. The van der Waals surface area contributed by atoms with Crippen LogP contribution in [-0.4, -0.2) is 26.2 Å². The zero-order chi connectivity index (χ0) is 11.1. The van der Waals surface area contributed by atoms with E-state index in [2.05, 4.69) is 5.43 Å². The van der Waals surface area contributed by atoms with Gasteiger partial charge in [-0.2, -0.15) is 0 Å². The lowest BCUT2D eigenvalue weighted by molar-refractivity contribution is 0.0946. The van der Waals surface area contributed by atoms with Crippen molar-refractivity contribution in [1.29, 1.82) is 0 Å². The molecule has 0 aliphatic carbocycles. The van der Waals surface area contributed by atoms with E-state index in [0.29, 0.717) is 24.5 Å². The lowest BCUT2D eigenvalue weighted by atomic mass is 10.2. The molecule has 3 N–H and O–H groups in total. The van der Waals surface area contributed by atoms with Crippen molar-refractivity contribution in [1.82, 2.24) is 5.43 Å². The Bertz CT molecular complexity index is 328. The van der Waals surface area contributed by atoms with Crippen molar-refractivity contribution in [3.63, 3.8) is 0 Å². The number of hydrogen-bond acceptors (Lipinski definition) is 4. The third kappa shape index (κ3) is 3.23. The van der Waals surface area contributed by atoms with Crippen molar-refractivity contribution >= 4 is 5.91 Å². The van der Waals surface area contributed by atoms with E-state index in [4.69, 9.17) is 15.3 Å². The molecule has 15 heavy (non-hydrogen) atoms. The largest absolute Gasteiger partial charge is 0.490 e. The van der Waals surface area contributed by atoms with Crippen LogP contribution < -0.4 is 16.0 Å². The molecule has 0 saturated heterocycles. The van der Waals surface area contributed by atoms with Gasteiger partial charge in [-0.25, -0.2) is 5.84 Å². The second-order valence-corrected chi connectivity index (χ2v) is 2.81. The Balaban J connectivity index is 2.73. The molecule has 0 radical (unpaired) electrons. The Hall–Kier alpha value is -1.59. The van der Waals surface area contributed by atoms with Gasteiger partial charge in [0.2, 0.25) is 0 Å². The highest BCUT2D eigenvalue weighted by Crippen LogP contribution is 2.17. The zero-order valence-corrected chi connectivity index (χ0v) is 8.53. The van der Waals surface area contributed by atoms with Crippen molar-refractivity contribution < 1.29 is 14.3 Å². The van der Waals surface area contributed by atoms with Gasteiger partial charge in [0, 0.05) is 7.11 Å². The van der Waals surface area contributed by atoms with Crippen LogP contribution in [0.1, 0.15) is 10.4 Å². The molecule has 0 aliphatic heterocycles. The molecule has 0 saturated carbocycles. The highest BCUT2D eigenvalue weighted by Gasteiger charge is 2.09. The van der Waals surface area contributed by atoms with Crippen molar-refractivity contribution in [3.8, 4) is 5.75 Å². The van der Waals surface area contributed by atoms with Crippen LogP contribution in [0.2, 0.25) is 0 Å². The molecule has 0 aromatic heterocycles. The molecule has 0 atom stereocenters. The number of carbonyl (C=O) groups excluding carboxylic acids is 1. The number of methoxy groups -OCH3 is 1. The van der Waals surface area contributed by atoms with Gasteiger partial charge in [-0.05, 0) is 12.1 Å². The molecule has 1 aromatic rings. The minimum atomic E-state index is -0.372. The standard InChI is InChI=1S/C10H14N2O3/c1-14-6-7-15-9-5-3-2-4-8(9)10(13)12-11/h2-5H,6-7,11H2,1H3,(H,12,13). The van der Waals surface area contributed by atoms with Gasteiger partial charge in [0.1, 0.15) is 12.4 Å². The molecule has 0 spiro atoms. The molecule has 0 aliphatic rings. The van der Waals surface area contributed by atoms with Crippen LogP contribution in [0.25, 0.3) is 0 Å². The van der Waals surface area contributed by atoms with Gasteiger partial charge in [-0.1, -0.05) is 12.1 Å². The fraction of sp³-hybridized carbons (Fsp3) is 0.300. The molecule has 1 rings (SSSR count). The Morgan fingerprint density at radius 2 is 2.13 bits per heavy atom. The minimum Gasteiger partial charge on any atom is -0.490 e. The molecule has 0 heterocycles. The van der Waals surface area contributed by atoms with Gasteiger partial charge < -0.3 is 9.47 Å². The zero-order valence-electron chi connectivity index (χ0n) is 8.53. The Morgan fingerprint density at radius 3 is 2.80 bits per heavy atom. The minimum absolute atomic E-state index is 0.372. The van der Waals surface area contributed by atoms with Gasteiger partial charge in [0.15, 0.2) is 0 Å². The third-order valence-electron chi connectivity index (χ3n) is 1.81. The van der Waals surface area contributed by atoms with Crippen molar-refractivity contribution in [2.24, 2.45) is 5.84 Å². The fourth-order valence-electron chi connectivity index (χ4n) is 1.09. The number of carbonyl (C=O) groups is 1. The molecular weight excluding hydrogens is 196 g/mol. The third-order valence-corrected chi connectivity index (χ3v) is 1.81. The van der Waals surface area contributed by atoms with Crippen LogP contribution in [0, 0.1) is 0 Å². The Morgan fingerprint density at radius 1 is 1.40 bits per heavy atom. The summed E-state index contributed by atoms with van der Waals surface area (Å²) in [6.07, 6.45) is 0. The highest BCUT2D eigenvalue weighted by atomic mass is 16.5. The van der Waals surface area contributed by atoms with Gasteiger partial charge in [-0.15, -0.1) is 0 Å². The molecule has 0 bridgehead atoms. The first kappa shape index (κ1) is 11.5. The van der Waals surface area contributed by atoms with E-state index in [0.717, 1.165) is 0 Å². The van der Waals surface area contributed by atoms with Gasteiger partial charge in [0.05, 0.1) is 12.2 Å². The number of hydrazine groups is 1. The summed E-state index contributed by atoms with van der Waals surface area (Å²) in [5.41, 5.74) is 2.47. The summed E-state index contributed by atoms with van der Waals surface area (Å²) in [4.78, 5) is 11.3. The number of nitrogens with two attached hydrogens (primary N) is 1. The monoisotopic (exact) mass is 210 g/mol. The lowest BCUT2D eigenvalue weighted by Gasteiger charge is -2.09. The van der Waals surface area contributed by atoms with E-state index < -0.39 is 0 Å². The van der Waals surface area contributed by atoms with Crippen molar-refractivity contribution in [3.05, 3.63) is 29.8 Å². The van der Waals surface area contributed by atoms with Gasteiger partial charge >= 0.3 is 0 Å². The molecule has 0 unspecified atom stereocenters. The maximum absolute atomic E-state index is 11.3. The first-order valence-corrected chi connectivity index (χ1v) is 4.51. The van der Waals surface area contributed by atoms with Gasteiger partial charge in [-0.3, -0.25) is 10.2 Å². The van der Waals surface area contributed by atoms with Crippen LogP contribution in [0.5, 0.6) is 5.75 Å². The maximum atomic E-state index is 11.3. The van der Waals surface area contributed by atoms with E-state index in [9.17, 15) is 4.79 Å². The molecular formula is C10H14N2O3. The first-order chi connectivity index (χ1) is 7.29. The van der Waals surface area contributed by atoms with Crippen molar-refractivity contribution in [2.45, 2.75) is 0 Å². The van der Waals surface area contributed by atoms with Crippen LogP contribution in [0.3, 0.4) is 0 Å². The number of nitrogen functional groups attached to an aromatic ring is 1. The Labute approximate surface area is 88.1 Å². The SMILES string of the molecule is COCCOc1ccccc1C(=O)NN. The predicted octanol–water partition coefficient (Wildman–Crippen LogP) is 0.315. The van der Waals surface area contributed by atoms with Gasteiger partial charge in [0.25, 0.3) is 5.91 Å². The van der Waals surface area contributed by atoms with Crippen molar-refractivity contribution in [2.75, 3.05) is 20.3 Å². The summed E-state index contributed by atoms with van der Waals surface area (Å²) in [7, 11) is 1.59. The molecule has 82 valence electrons. The number of ether oxygens (including phenoxy) is 2. The quantitative estimate of drug-likeness (QED) is 0.317. The first-order valence-electron chi connectivity index (χ1n) is 4.51. The second-order valence-electron chi connectivity index (χ2n) is 2.81. The summed E-state index contributed by atoms with van der Waals surface area (Å²) in [6.45, 7) is 0.865. The Kier molecular flexibility index (Phi) is 4.59. The maximum Gasteiger partial charge on any atom is 0.268 e. The van der Waals surface area contributed by atoms with Crippen LogP contribution in [0.4, 0.5) is 0 Å². The number of amides is 1. The van der Waals surface area contributed by atoms with Crippen LogP contribution in [-0.2, 0) is 4.74 Å². The topological polar surface area (TPSA) is 73.6 Å². The number of para-hydroxylation sites is 1. The van der Waals surface area contributed by atoms with E-state index in [-0.39, 0.29) is 5.91 Å². The van der Waals surface area contributed by atoms with E-state index >= 15 is 0 Å². The predicted molar refractivity (Wildman–Crippen MR) is 55.5 cm³/mol. The number of benzene rings is 1. The number of hydrogen-bond donors (Lipinski definition) is 2. The molecule has 0 fully saturated rings. The average molecular weight is 210 g/mol. The fourth-order valence-corrected chi connectivity index (χ4v) is 1.09. The summed E-state index contributed by atoms with van der Waals surface area (Å²) >= 11 is 0. The normalized spacial score (nSPS) is 9.73. The molecule has 1 amide bonds. The number of nitrogens with one attached hydrogen (secondary N) is 1. The van der Waals surface area contributed by atoms with E-state index in [1.807, 2.05) is 0 Å². The summed E-state index contributed by atoms with van der Waals surface area (Å²) in [5.74, 6) is 5.17. The smallest absolute Gasteiger partial charge is 0.268 e. The van der Waals surface area contributed by atoms with Crippen LogP contribution >= 0.6 is 0 Å². The summed E-state index contributed by atoms with van der Waals surface area (Å²) in [5, 5.41) is 0. The van der Waals surface area contributed by atoms with E-state index in [1.165, 1.54) is 0 Å².